The van der Waals surface area contributed by atoms with Gasteiger partial charge in [-0.1, -0.05) is 109 Å². The Labute approximate surface area is 302 Å². The van der Waals surface area contributed by atoms with Crippen molar-refractivity contribution in [3.05, 3.63) is 200 Å². The van der Waals surface area contributed by atoms with Crippen LogP contribution in [0.2, 0.25) is 0 Å². The third kappa shape index (κ3) is 5.10. The largest absolute Gasteiger partial charge is 0.310 e. The molecular formula is C49H33N3. The standard InChI is InChI=1S/C49H33N3/c1-3-11-39(12-4-1)51(40-13-5-2-6-14-40)42-27-21-34-19-20-36(31-38(34)32-42)37-24-28-49-46(33-37)45-16-8-10-18-48(45)52(49)41-25-22-35(23-26-41)43-29-30-50-47-17-9-7-15-44(43)47/h1-33H. The van der Waals surface area contributed by atoms with Crippen molar-refractivity contribution in [2.24, 2.45) is 0 Å². The number of nitrogens with zero attached hydrogens (tertiary/aromatic N) is 3. The first-order chi connectivity index (χ1) is 25.8. The minimum absolute atomic E-state index is 1.01. The molecule has 10 aromatic rings. The van der Waals surface area contributed by atoms with Crippen molar-refractivity contribution in [2.75, 3.05) is 4.90 Å². The highest BCUT2D eigenvalue weighted by molar-refractivity contribution is 6.10. The van der Waals surface area contributed by atoms with E-state index in [1.54, 1.807) is 0 Å². The number of rotatable bonds is 6. The van der Waals surface area contributed by atoms with E-state index in [0.717, 1.165) is 33.7 Å². The van der Waals surface area contributed by atoms with E-state index < -0.39 is 0 Å². The molecule has 244 valence electrons. The van der Waals surface area contributed by atoms with Gasteiger partial charge in [0.05, 0.1) is 16.6 Å². The smallest absolute Gasteiger partial charge is 0.0708 e. The normalized spacial score (nSPS) is 11.5. The van der Waals surface area contributed by atoms with E-state index in [-0.39, 0.29) is 0 Å². The van der Waals surface area contributed by atoms with Gasteiger partial charge in [-0.2, -0.15) is 0 Å². The third-order valence-electron chi connectivity index (χ3n) is 10.2. The van der Waals surface area contributed by atoms with Crippen molar-refractivity contribution >= 4 is 60.5 Å². The molecule has 0 bridgehead atoms. The fraction of sp³-hybridized carbons (Fsp3) is 0. The molecule has 0 atom stereocenters. The Kier molecular flexibility index (Phi) is 7.14. The van der Waals surface area contributed by atoms with E-state index in [2.05, 4.69) is 203 Å². The summed E-state index contributed by atoms with van der Waals surface area (Å²) in [6, 6.07) is 69.7. The van der Waals surface area contributed by atoms with E-state index in [1.165, 1.54) is 54.8 Å². The lowest BCUT2D eigenvalue weighted by atomic mass is 9.99. The molecule has 0 aliphatic rings. The second-order valence-corrected chi connectivity index (χ2v) is 13.3. The zero-order chi connectivity index (χ0) is 34.4. The number of hydrogen-bond donors (Lipinski definition) is 0. The van der Waals surface area contributed by atoms with Crippen LogP contribution in [0.4, 0.5) is 17.1 Å². The average Bonchev–Trinajstić information content (AvgIpc) is 3.55. The molecular weight excluding hydrogens is 631 g/mol. The van der Waals surface area contributed by atoms with Gasteiger partial charge >= 0.3 is 0 Å². The highest BCUT2D eigenvalue weighted by atomic mass is 15.1. The molecule has 0 saturated heterocycles. The SMILES string of the molecule is c1ccc(N(c2ccccc2)c2ccc3ccc(-c4ccc5c(c4)c4ccccc4n5-c4ccc(-c5ccnc6ccccc56)cc4)cc3c2)cc1. The summed E-state index contributed by atoms with van der Waals surface area (Å²) in [5, 5.41) is 6.07. The second-order valence-electron chi connectivity index (χ2n) is 13.3. The van der Waals surface area contributed by atoms with Gasteiger partial charge in [0.1, 0.15) is 0 Å². The van der Waals surface area contributed by atoms with Crippen LogP contribution >= 0.6 is 0 Å². The summed E-state index contributed by atoms with van der Waals surface area (Å²) < 4.78 is 2.39. The molecule has 0 saturated carbocycles. The summed E-state index contributed by atoms with van der Waals surface area (Å²) in [7, 11) is 0. The number of hydrogen-bond acceptors (Lipinski definition) is 2. The van der Waals surface area contributed by atoms with Crippen LogP contribution in [-0.2, 0) is 0 Å². The second kappa shape index (κ2) is 12.4. The topological polar surface area (TPSA) is 21.1 Å². The molecule has 0 spiro atoms. The number of pyridine rings is 1. The van der Waals surface area contributed by atoms with Crippen molar-refractivity contribution in [3.63, 3.8) is 0 Å². The Balaban J connectivity index is 1.05. The van der Waals surface area contributed by atoms with Gasteiger partial charge in [0.15, 0.2) is 0 Å². The summed E-state index contributed by atoms with van der Waals surface area (Å²) in [4.78, 5) is 6.88. The molecule has 0 aliphatic heterocycles. The monoisotopic (exact) mass is 663 g/mol. The number of anilines is 3. The number of aromatic nitrogens is 2. The van der Waals surface area contributed by atoms with Crippen LogP contribution in [0.5, 0.6) is 0 Å². The van der Waals surface area contributed by atoms with Crippen LogP contribution in [0.3, 0.4) is 0 Å². The molecule has 0 unspecified atom stereocenters. The summed E-state index contributed by atoms with van der Waals surface area (Å²) in [6.45, 7) is 0. The fourth-order valence-corrected chi connectivity index (χ4v) is 7.72. The highest BCUT2D eigenvalue weighted by Crippen LogP contribution is 2.39. The van der Waals surface area contributed by atoms with Crippen LogP contribution in [0.1, 0.15) is 0 Å². The Morgan fingerprint density at radius 3 is 1.79 bits per heavy atom. The van der Waals surface area contributed by atoms with E-state index in [0.29, 0.717) is 0 Å². The maximum absolute atomic E-state index is 4.57. The first-order valence-corrected chi connectivity index (χ1v) is 17.7. The van der Waals surface area contributed by atoms with Crippen LogP contribution in [0.15, 0.2) is 200 Å². The lowest BCUT2D eigenvalue weighted by Crippen LogP contribution is -2.09. The summed E-state index contributed by atoms with van der Waals surface area (Å²) in [6.07, 6.45) is 1.90. The minimum Gasteiger partial charge on any atom is -0.310 e. The fourth-order valence-electron chi connectivity index (χ4n) is 7.72. The van der Waals surface area contributed by atoms with E-state index in [9.17, 15) is 0 Å². The van der Waals surface area contributed by atoms with E-state index in [4.69, 9.17) is 0 Å². The minimum atomic E-state index is 1.01. The molecule has 52 heavy (non-hydrogen) atoms. The molecule has 0 N–H and O–H groups in total. The van der Waals surface area contributed by atoms with Gasteiger partial charge in [-0.05, 0) is 118 Å². The van der Waals surface area contributed by atoms with Crippen LogP contribution in [-0.4, -0.2) is 9.55 Å². The molecule has 2 aromatic heterocycles. The Morgan fingerprint density at radius 1 is 0.385 bits per heavy atom. The first kappa shape index (κ1) is 29.9. The summed E-state index contributed by atoms with van der Waals surface area (Å²) in [5.74, 6) is 0. The molecule has 3 heteroatoms. The van der Waals surface area contributed by atoms with Gasteiger partial charge in [-0.3, -0.25) is 4.98 Å². The maximum Gasteiger partial charge on any atom is 0.0708 e. The van der Waals surface area contributed by atoms with Crippen molar-refractivity contribution in [3.8, 4) is 27.9 Å². The molecule has 2 heterocycles. The summed E-state index contributed by atoms with van der Waals surface area (Å²) in [5.41, 5.74) is 12.7. The third-order valence-corrected chi connectivity index (χ3v) is 10.2. The molecule has 0 aliphatic carbocycles. The highest BCUT2D eigenvalue weighted by Gasteiger charge is 2.16. The molecule has 0 radical (unpaired) electrons. The van der Waals surface area contributed by atoms with Gasteiger partial charge in [-0.25, -0.2) is 0 Å². The molecule has 3 nitrogen and oxygen atoms in total. The van der Waals surface area contributed by atoms with Crippen LogP contribution in [0.25, 0.3) is 71.4 Å². The first-order valence-electron chi connectivity index (χ1n) is 17.7. The van der Waals surface area contributed by atoms with Crippen molar-refractivity contribution in [1.29, 1.82) is 0 Å². The van der Waals surface area contributed by atoms with Gasteiger partial charge in [-0.15, -0.1) is 0 Å². The van der Waals surface area contributed by atoms with E-state index in [1.807, 2.05) is 12.3 Å². The Bertz CT molecular complexity index is 2850. The maximum atomic E-state index is 4.57. The average molecular weight is 664 g/mol. The van der Waals surface area contributed by atoms with Crippen molar-refractivity contribution in [1.82, 2.24) is 9.55 Å². The van der Waals surface area contributed by atoms with E-state index >= 15 is 0 Å². The zero-order valence-corrected chi connectivity index (χ0v) is 28.4. The molecule has 8 aromatic carbocycles. The van der Waals surface area contributed by atoms with Crippen LogP contribution < -0.4 is 4.90 Å². The lowest BCUT2D eigenvalue weighted by Gasteiger charge is -2.25. The van der Waals surface area contributed by atoms with Gasteiger partial charge < -0.3 is 9.47 Å². The Hall–Kier alpha value is -6.97. The number of para-hydroxylation sites is 4. The van der Waals surface area contributed by atoms with Gasteiger partial charge in [0, 0.05) is 45.1 Å². The quantitative estimate of drug-likeness (QED) is 0.177. The predicted octanol–water partition coefficient (Wildman–Crippen LogP) is 13.3. The summed E-state index contributed by atoms with van der Waals surface area (Å²) >= 11 is 0. The number of benzene rings is 8. The Morgan fingerprint density at radius 2 is 1.00 bits per heavy atom. The van der Waals surface area contributed by atoms with Crippen LogP contribution in [0, 0.1) is 0 Å². The number of fused-ring (bicyclic) bond motifs is 5. The van der Waals surface area contributed by atoms with Crippen molar-refractivity contribution in [2.45, 2.75) is 0 Å². The zero-order valence-electron chi connectivity index (χ0n) is 28.4. The van der Waals surface area contributed by atoms with Crippen molar-refractivity contribution < 1.29 is 0 Å². The predicted molar refractivity (Wildman–Crippen MR) is 219 cm³/mol. The van der Waals surface area contributed by atoms with Gasteiger partial charge in [0.25, 0.3) is 0 Å². The molecule has 0 fully saturated rings. The molecule has 0 amide bonds. The van der Waals surface area contributed by atoms with Gasteiger partial charge in [0.2, 0.25) is 0 Å². The lowest BCUT2D eigenvalue weighted by molar-refractivity contribution is 1.18. The molecule has 10 rings (SSSR count).